The SMILES string of the molecule is O=C(c1ccc(N2CCCCCC2)cc1)c1ccc(N2CCc3ccccc32)cc1. The Bertz CT molecular complexity index is 1020. The van der Waals surface area contributed by atoms with Crippen molar-refractivity contribution < 1.29 is 4.79 Å². The minimum Gasteiger partial charge on any atom is -0.372 e. The molecule has 152 valence electrons. The van der Waals surface area contributed by atoms with Gasteiger partial charge in [-0.25, -0.2) is 0 Å². The van der Waals surface area contributed by atoms with Crippen LogP contribution in [0.5, 0.6) is 0 Å². The van der Waals surface area contributed by atoms with Gasteiger partial charge in [-0.15, -0.1) is 0 Å². The number of ketones is 1. The van der Waals surface area contributed by atoms with E-state index in [0.717, 1.165) is 42.9 Å². The summed E-state index contributed by atoms with van der Waals surface area (Å²) in [6.45, 7) is 3.23. The molecule has 0 atom stereocenters. The summed E-state index contributed by atoms with van der Waals surface area (Å²) in [5.74, 6) is 0.0887. The molecule has 0 unspecified atom stereocenters. The molecule has 1 fully saturated rings. The third kappa shape index (κ3) is 3.72. The van der Waals surface area contributed by atoms with Crippen LogP contribution in [0.3, 0.4) is 0 Å². The molecule has 3 aromatic rings. The Morgan fingerprint density at radius 2 is 1.23 bits per heavy atom. The smallest absolute Gasteiger partial charge is 0.193 e. The van der Waals surface area contributed by atoms with Crippen molar-refractivity contribution in [1.29, 1.82) is 0 Å². The first-order chi connectivity index (χ1) is 14.8. The number of hydrogen-bond donors (Lipinski definition) is 0. The van der Waals surface area contributed by atoms with Gasteiger partial charge in [0.2, 0.25) is 0 Å². The summed E-state index contributed by atoms with van der Waals surface area (Å²) < 4.78 is 0. The maximum absolute atomic E-state index is 13.0. The fourth-order valence-electron chi connectivity index (χ4n) is 4.72. The summed E-state index contributed by atoms with van der Waals surface area (Å²) in [5, 5.41) is 0. The van der Waals surface area contributed by atoms with E-state index >= 15 is 0 Å². The Morgan fingerprint density at radius 3 is 1.90 bits per heavy atom. The van der Waals surface area contributed by atoms with Gasteiger partial charge in [-0.1, -0.05) is 31.0 Å². The molecular weight excluding hydrogens is 368 g/mol. The van der Waals surface area contributed by atoms with Crippen molar-refractivity contribution in [3.63, 3.8) is 0 Å². The van der Waals surface area contributed by atoms with Gasteiger partial charge in [0.1, 0.15) is 0 Å². The largest absolute Gasteiger partial charge is 0.372 e. The number of para-hydroxylation sites is 1. The van der Waals surface area contributed by atoms with Gasteiger partial charge in [-0.3, -0.25) is 4.79 Å². The van der Waals surface area contributed by atoms with Crippen molar-refractivity contribution in [1.82, 2.24) is 0 Å². The molecule has 0 aliphatic carbocycles. The molecule has 3 heteroatoms. The van der Waals surface area contributed by atoms with E-state index < -0.39 is 0 Å². The summed E-state index contributed by atoms with van der Waals surface area (Å²) in [4.78, 5) is 17.8. The number of fused-ring (bicyclic) bond motifs is 1. The van der Waals surface area contributed by atoms with Crippen LogP contribution >= 0.6 is 0 Å². The summed E-state index contributed by atoms with van der Waals surface area (Å²) in [7, 11) is 0. The second-order valence-corrected chi connectivity index (χ2v) is 8.35. The molecule has 3 nitrogen and oxygen atoms in total. The fraction of sp³-hybridized carbons (Fsp3) is 0.296. The Morgan fingerprint density at radius 1 is 0.633 bits per heavy atom. The van der Waals surface area contributed by atoms with Gasteiger partial charge in [0, 0.05) is 47.8 Å². The maximum Gasteiger partial charge on any atom is 0.193 e. The molecule has 2 aliphatic rings. The van der Waals surface area contributed by atoms with Gasteiger partial charge in [0.15, 0.2) is 5.78 Å². The zero-order valence-corrected chi connectivity index (χ0v) is 17.4. The Labute approximate surface area is 178 Å². The van der Waals surface area contributed by atoms with Crippen LogP contribution in [0.15, 0.2) is 72.8 Å². The molecular formula is C27H28N2O. The van der Waals surface area contributed by atoms with Crippen LogP contribution in [-0.4, -0.2) is 25.4 Å². The number of carbonyl (C=O) groups is 1. The van der Waals surface area contributed by atoms with Crippen LogP contribution in [0.4, 0.5) is 17.1 Å². The maximum atomic E-state index is 13.0. The summed E-state index contributed by atoms with van der Waals surface area (Å²) in [5.41, 5.74) is 6.55. The van der Waals surface area contributed by atoms with Crippen molar-refractivity contribution in [3.05, 3.63) is 89.5 Å². The van der Waals surface area contributed by atoms with Crippen LogP contribution < -0.4 is 9.80 Å². The second-order valence-electron chi connectivity index (χ2n) is 8.35. The van der Waals surface area contributed by atoms with E-state index in [4.69, 9.17) is 0 Å². The van der Waals surface area contributed by atoms with Crippen LogP contribution in [0.25, 0.3) is 0 Å². The summed E-state index contributed by atoms with van der Waals surface area (Å²) >= 11 is 0. The number of carbonyl (C=O) groups excluding carboxylic acids is 1. The lowest BCUT2D eigenvalue weighted by Gasteiger charge is -2.22. The molecule has 5 rings (SSSR count). The van der Waals surface area contributed by atoms with Gasteiger partial charge >= 0.3 is 0 Å². The van der Waals surface area contributed by atoms with Gasteiger partial charge in [0.25, 0.3) is 0 Å². The average Bonchev–Trinajstić information content (AvgIpc) is 3.05. The van der Waals surface area contributed by atoms with Crippen molar-refractivity contribution >= 4 is 22.8 Å². The standard InChI is InChI=1S/C27H28N2O/c30-27(22-9-13-24(14-10-22)28-18-5-1-2-6-19-28)23-11-15-25(16-12-23)29-20-17-21-7-3-4-8-26(21)29/h3-4,7-16H,1-2,5-6,17-20H2. The molecule has 0 N–H and O–H groups in total. The van der Waals surface area contributed by atoms with Gasteiger partial charge in [-0.2, -0.15) is 0 Å². The summed E-state index contributed by atoms with van der Waals surface area (Å²) in [6, 6.07) is 24.8. The molecule has 0 bridgehead atoms. The third-order valence-corrected chi connectivity index (χ3v) is 6.43. The number of hydrogen-bond acceptors (Lipinski definition) is 3. The van der Waals surface area contributed by atoms with Crippen LogP contribution in [-0.2, 0) is 6.42 Å². The molecule has 0 aromatic heterocycles. The number of anilines is 3. The molecule has 30 heavy (non-hydrogen) atoms. The highest BCUT2D eigenvalue weighted by Gasteiger charge is 2.20. The zero-order chi connectivity index (χ0) is 20.3. The van der Waals surface area contributed by atoms with Crippen LogP contribution in [0.2, 0.25) is 0 Å². The number of rotatable bonds is 4. The monoisotopic (exact) mass is 396 g/mol. The normalized spacial score (nSPS) is 16.3. The Hall–Kier alpha value is -3.07. The number of benzene rings is 3. The fourth-order valence-corrected chi connectivity index (χ4v) is 4.72. The Balaban J connectivity index is 1.31. The molecule has 0 radical (unpaired) electrons. The van der Waals surface area contributed by atoms with E-state index in [-0.39, 0.29) is 5.78 Å². The first-order valence-electron chi connectivity index (χ1n) is 11.1. The van der Waals surface area contributed by atoms with E-state index in [9.17, 15) is 4.79 Å². The van der Waals surface area contributed by atoms with Crippen molar-refractivity contribution in [2.45, 2.75) is 32.1 Å². The van der Waals surface area contributed by atoms with Gasteiger partial charge < -0.3 is 9.80 Å². The third-order valence-electron chi connectivity index (χ3n) is 6.43. The quantitative estimate of drug-likeness (QED) is 0.506. The first-order valence-corrected chi connectivity index (χ1v) is 11.1. The van der Waals surface area contributed by atoms with Crippen molar-refractivity contribution in [2.24, 2.45) is 0 Å². The predicted octanol–water partition coefficient (Wildman–Crippen LogP) is 5.99. The van der Waals surface area contributed by atoms with Gasteiger partial charge in [-0.05, 0) is 79.4 Å². The van der Waals surface area contributed by atoms with Crippen LogP contribution in [0.1, 0.15) is 47.2 Å². The highest BCUT2D eigenvalue weighted by Crippen LogP contribution is 2.34. The van der Waals surface area contributed by atoms with E-state index in [0.29, 0.717) is 0 Å². The predicted molar refractivity (Wildman–Crippen MR) is 124 cm³/mol. The zero-order valence-electron chi connectivity index (χ0n) is 17.4. The van der Waals surface area contributed by atoms with Crippen LogP contribution in [0, 0.1) is 0 Å². The average molecular weight is 397 g/mol. The number of nitrogens with zero attached hydrogens (tertiary/aromatic N) is 2. The molecule has 2 heterocycles. The first kappa shape index (κ1) is 18.9. The lowest BCUT2D eigenvalue weighted by molar-refractivity contribution is 0.103. The van der Waals surface area contributed by atoms with Crippen molar-refractivity contribution in [3.8, 4) is 0 Å². The van der Waals surface area contributed by atoms with E-state index in [1.54, 1.807) is 0 Å². The molecule has 0 spiro atoms. The van der Waals surface area contributed by atoms with Crippen molar-refractivity contribution in [2.75, 3.05) is 29.4 Å². The molecule has 0 saturated carbocycles. The van der Waals surface area contributed by atoms with E-state index in [1.807, 2.05) is 24.3 Å². The minimum absolute atomic E-state index is 0.0887. The lowest BCUT2D eigenvalue weighted by Crippen LogP contribution is -2.23. The topological polar surface area (TPSA) is 23.6 Å². The molecule has 2 aliphatic heterocycles. The van der Waals surface area contributed by atoms with Gasteiger partial charge in [0.05, 0.1) is 0 Å². The van der Waals surface area contributed by atoms with E-state index in [1.165, 1.54) is 42.6 Å². The molecule has 0 amide bonds. The summed E-state index contributed by atoms with van der Waals surface area (Å²) in [6.07, 6.45) is 6.24. The Kier molecular flexibility index (Phi) is 5.27. The highest BCUT2D eigenvalue weighted by molar-refractivity contribution is 6.09. The highest BCUT2D eigenvalue weighted by atomic mass is 16.1. The second kappa shape index (κ2) is 8.35. The molecule has 1 saturated heterocycles. The molecule has 3 aromatic carbocycles. The minimum atomic E-state index is 0.0887. The van der Waals surface area contributed by atoms with E-state index in [2.05, 4.69) is 58.3 Å². The lowest BCUT2D eigenvalue weighted by atomic mass is 10.0.